The fourth-order valence-electron chi connectivity index (χ4n) is 0. The minimum absolute atomic E-state index is 0.868. The Kier molecular flexibility index (Phi) is 12.5. The molecule has 3 nitrogen and oxygen atoms in total. The predicted molar refractivity (Wildman–Crippen MR) is 33.0 cm³/mol. The number of hydrogen-bond donors (Lipinski definition) is 3. The van der Waals surface area contributed by atoms with E-state index in [1.54, 1.807) is 0 Å². The van der Waals surface area contributed by atoms with Gasteiger partial charge in [-0.1, -0.05) is 0 Å². The van der Waals surface area contributed by atoms with E-state index in [1.165, 1.54) is -0.332 Å². The van der Waals surface area contributed by atoms with E-state index in [2.05, 4.69) is 13.5 Å². The van der Waals surface area contributed by atoms with Gasteiger partial charge in [-0.2, -0.15) is 0 Å². The van der Waals surface area contributed by atoms with Gasteiger partial charge in [-0.05, 0) is 0 Å². The molecule has 0 aliphatic heterocycles. The summed E-state index contributed by atoms with van der Waals surface area (Å²) in [5, 5.41) is 21.5. The summed E-state index contributed by atoms with van der Waals surface area (Å²) >= 11 is 0.868. The molecule has 5 heteroatoms. The molecule has 0 fully saturated rings. The van der Waals surface area contributed by atoms with Gasteiger partial charge in [-0.25, -0.2) is 0 Å². The molecule has 42 valence electrons. The van der Waals surface area contributed by atoms with Crippen LogP contribution in [0.3, 0.4) is 0 Å². The number of rotatable bonds is 0. The molecule has 0 aliphatic carbocycles. The normalized spacial score (nSPS) is 6.75. The quantitative estimate of drug-likeness (QED) is 0.366. The molecule has 0 heterocycles. The summed E-state index contributed by atoms with van der Waals surface area (Å²) in [5.41, 5.74) is 0. The van der Waals surface area contributed by atoms with Crippen molar-refractivity contribution >= 4 is 56.3 Å². The third-order valence-corrected chi connectivity index (χ3v) is 0. The van der Waals surface area contributed by atoms with Crippen molar-refractivity contribution in [2.45, 2.75) is 6.92 Å². The summed E-state index contributed by atoms with van der Waals surface area (Å²) < 4.78 is 1.35. The van der Waals surface area contributed by atoms with Crippen LogP contribution in [0.15, 0.2) is 6.25 Å². The predicted octanol–water partition coefficient (Wildman–Crippen LogP) is -1.36. The van der Waals surface area contributed by atoms with Gasteiger partial charge < -0.3 is 15.1 Å². The third kappa shape index (κ3) is 168. The molecule has 0 aliphatic rings. The van der Waals surface area contributed by atoms with Gasteiger partial charge in [-0.3, -0.25) is 0 Å². The number of hydrogen-bond acceptors (Lipinski definition) is 3. The van der Waals surface area contributed by atoms with E-state index < -0.39 is 7.32 Å². The van der Waals surface area contributed by atoms with Crippen molar-refractivity contribution in [1.29, 1.82) is 0 Å². The second-order valence-corrected chi connectivity index (χ2v) is 4.22. The molecule has 0 saturated heterocycles. The van der Waals surface area contributed by atoms with Crippen LogP contribution in [-0.2, 0) is 0 Å². The monoisotopic (exact) mass is 142 g/mol. The van der Waals surface area contributed by atoms with Crippen molar-refractivity contribution in [3.63, 3.8) is 0 Å². The van der Waals surface area contributed by atoms with Crippen LogP contribution in [0.2, 0.25) is 0 Å². The molecule has 8 heavy (non-hydrogen) atoms. The van der Waals surface area contributed by atoms with E-state index in [-0.39, 0.29) is 0 Å². The molecule has 0 saturated carbocycles. The molecule has 0 bridgehead atoms. The Morgan fingerprint density at radius 2 is 1.50 bits per heavy atom. The smallest absolute Gasteiger partial charge is 0.402 e. The second kappa shape index (κ2) is 8.32. The first-order chi connectivity index (χ1) is 3.46. The Bertz CT molecular complexity index is 58.8. The SMILES string of the molecule is C=[C](C)[K].OB(O)O. The van der Waals surface area contributed by atoms with Crippen LogP contribution < -0.4 is 0 Å². The van der Waals surface area contributed by atoms with E-state index in [9.17, 15) is 0 Å². The Balaban J connectivity index is 0. The van der Waals surface area contributed by atoms with Gasteiger partial charge in [0.2, 0.25) is 0 Å². The minimum atomic E-state index is -2.17. The average Bonchev–Trinajstić information content (AvgIpc) is 1.25. The van der Waals surface area contributed by atoms with Crippen molar-refractivity contribution in [1.82, 2.24) is 0 Å². The maximum Gasteiger partial charge on any atom is 0.631 e. The first-order valence-corrected chi connectivity index (χ1v) is 3.69. The molecular weight excluding hydrogens is 134 g/mol. The second-order valence-electron chi connectivity index (χ2n) is 1.55. The zero-order chi connectivity index (χ0) is 7.15. The van der Waals surface area contributed by atoms with Crippen molar-refractivity contribution in [2.75, 3.05) is 0 Å². The Morgan fingerprint density at radius 3 is 1.50 bits per heavy atom. The van der Waals surface area contributed by atoms with Gasteiger partial charge in [0.05, 0.1) is 0 Å². The van der Waals surface area contributed by atoms with Gasteiger partial charge in [0.1, 0.15) is 0 Å². The third-order valence-electron chi connectivity index (χ3n) is 0. The fourth-order valence-corrected chi connectivity index (χ4v) is 0. The van der Waals surface area contributed by atoms with E-state index >= 15 is 0 Å². The van der Waals surface area contributed by atoms with Crippen molar-refractivity contribution in [3.8, 4) is 0 Å². The van der Waals surface area contributed by atoms with E-state index in [0.29, 0.717) is 0 Å². The van der Waals surface area contributed by atoms with Crippen LogP contribution in [0, 0.1) is 0 Å². The first kappa shape index (κ1) is 12.0. The zero-order valence-electron chi connectivity index (χ0n) is 5.13. The summed E-state index contributed by atoms with van der Waals surface area (Å²) in [5.74, 6) is 0. The van der Waals surface area contributed by atoms with Gasteiger partial charge >= 0.3 is 69.4 Å². The van der Waals surface area contributed by atoms with E-state index in [4.69, 9.17) is 15.1 Å². The van der Waals surface area contributed by atoms with E-state index in [0.717, 1.165) is 49.0 Å². The van der Waals surface area contributed by atoms with Gasteiger partial charge in [0, 0.05) is 0 Å². The van der Waals surface area contributed by atoms with Gasteiger partial charge in [-0.15, -0.1) is 0 Å². The van der Waals surface area contributed by atoms with E-state index in [1.807, 2.05) is 0 Å². The molecule has 0 atom stereocenters. The molecule has 0 amide bonds. The molecular formula is C3H8BKO3. The molecule has 3 N–H and O–H groups in total. The van der Waals surface area contributed by atoms with Crippen LogP contribution in [0.5, 0.6) is 0 Å². The average molecular weight is 142 g/mol. The summed E-state index contributed by atoms with van der Waals surface area (Å²) in [6.07, 6.45) is 0. The summed E-state index contributed by atoms with van der Waals surface area (Å²) in [7, 11) is -2.17. The number of allylic oxidation sites excluding steroid dienone is 1. The Hall–Kier alpha value is 1.32. The first-order valence-electron chi connectivity index (χ1n) is 2.13. The summed E-state index contributed by atoms with van der Waals surface area (Å²) in [6, 6.07) is 0. The minimum Gasteiger partial charge on any atom is -0.402 e. The van der Waals surface area contributed by atoms with Crippen LogP contribution in [0.1, 0.15) is 6.92 Å². The Morgan fingerprint density at radius 1 is 1.50 bits per heavy atom. The standard InChI is InChI=1S/C3H5.BH3O3.K/c1-3-2;2-1(3)4;/h1H2,2H3;2-4H;. The molecule has 0 spiro atoms. The largest absolute Gasteiger partial charge is 0.631 e. The topological polar surface area (TPSA) is 60.7 Å². The molecule has 0 unspecified atom stereocenters. The van der Waals surface area contributed by atoms with Crippen LogP contribution in [0.4, 0.5) is 0 Å². The van der Waals surface area contributed by atoms with Crippen molar-refractivity contribution in [3.05, 3.63) is 6.25 Å². The molecule has 0 rings (SSSR count). The maximum absolute atomic E-state index is 7.17. The summed E-state index contributed by atoms with van der Waals surface area (Å²) in [6.45, 7) is 5.69. The van der Waals surface area contributed by atoms with Crippen LogP contribution in [-0.4, -0.2) is 71.3 Å². The van der Waals surface area contributed by atoms with Crippen molar-refractivity contribution < 1.29 is 15.1 Å². The molecule has 0 radical (unpaired) electrons. The molecule has 0 aromatic carbocycles. The zero-order valence-corrected chi connectivity index (χ0v) is 8.25. The Labute approximate surface area is 83.2 Å². The van der Waals surface area contributed by atoms with Gasteiger partial charge in [0.15, 0.2) is 0 Å². The van der Waals surface area contributed by atoms with Crippen molar-refractivity contribution in [2.24, 2.45) is 0 Å². The maximum atomic E-state index is 7.17. The fraction of sp³-hybridized carbons (Fsp3) is 0.333. The molecule has 0 aromatic heterocycles. The van der Waals surface area contributed by atoms with Crippen LogP contribution in [0.25, 0.3) is 0 Å². The van der Waals surface area contributed by atoms with Crippen LogP contribution >= 0.6 is 0 Å². The summed E-state index contributed by atoms with van der Waals surface area (Å²) in [4.78, 5) is 0. The van der Waals surface area contributed by atoms with Gasteiger partial charge in [0.25, 0.3) is 0 Å². The molecule has 0 aromatic rings.